The number of carboxylic acids is 1. The lowest BCUT2D eigenvalue weighted by atomic mass is 9.96. The molecule has 2 unspecified atom stereocenters. The highest BCUT2D eigenvalue weighted by molar-refractivity contribution is 5.72. The summed E-state index contributed by atoms with van der Waals surface area (Å²) in [7, 11) is 0. The minimum atomic E-state index is -0.942. The van der Waals surface area contributed by atoms with Crippen LogP contribution in [0.2, 0.25) is 0 Å². The molecule has 0 bridgehead atoms. The van der Waals surface area contributed by atoms with E-state index in [1.165, 1.54) is 0 Å². The van der Waals surface area contributed by atoms with E-state index in [1.807, 2.05) is 20.8 Å². The van der Waals surface area contributed by atoms with Crippen LogP contribution in [0.25, 0.3) is 0 Å². The molecule has 1 aromatic rings. The zero-order chi connectivity index (χ0) is 12.6. The summed E-state index contributed by atoms with van der Waals surface area (Å²) in [6.07, 6.45) is -0.0691. The van der Waals surface area contributed by atoms with Gasteiger partial charge in [-0.25, -0.2) is 4.79 Å². The Morgan fingerprint density at radius 2 is 2.12 bits per heavy atom. The largest absolute Gasteiger partial charge is 0.479 e. The van der Waals surface area contributed by atoms with Crippen molar-refractivity contribution in [3.63, 3.8) is 0 Å². The standard InChI is InChI=1S/C11H16N2O4/c1-11(2,3)10-12-8(17-13-10)6-4-5-7(16-6)9(14)15/h6-7H,4-5H2,1-3H3,(H,14,15). The number of rotatable bonds is 2. The SMILES string of the molecule is CC(C)(C)c1noc(C2CCC(C(=O)O)O2)n1. The average Bonchev–Trinajstić information content (AvgIpc) is 2.85. The third kappa shape index (κ3) is 2.46. The van der Waals surface area contributed by atoms with E-state index in [4.69, 9.17) is 14.4 Å². The van der Waals surface area contributed by atoms with Crippen molar-refractivity contribution in [2.24, 2.45) is 0 Å². The van der Waals surface area contributed by atoms with E-state index in [1.54, 1.807) is 0 Å². The molecule has 0 aliphatic carbocycles. The summed E-state index contributed by atoms with van der Waals surface area (Å²) < 4.78 is 10.5. The van der Waals surface area contributed by atoms with Crippen molar-refractivity contribution >= 4 is 5.97 Å². The minimum absolute atomic E-state index is 0.188. The first-order valence-electron chi connectivity index (χ1n) is 5.60. The monoisotopic (exact) mass is 240 g/mol. The van der Waals surface area contributed by atoms with Gasteiger partial charge in [-0.15, -0.1) is 0 Å². The summed E-state index contributed by atoms with van der Waals surface area (Å²) in [5.74, 6) is 0.0385. The molecule has 1 saturated heterocycles. The Morgan fingerprint density at radius 3 is 2.59 bits per heavy atom. The molecular formula is C11H16N2O4. The first-order valence-corrected chi connectivity index (χ1v) is 5.60. The Labute approximate surface area is 99.0 Å². The minimum Gasteiger partial charge on any atom is -0.479 e. The van der Waals surface area contributed by atoms with Crippen molar-refractivity contribution in [1.82, 2.24) is 10.1 Å². The van der Waals surface area contributed by atoms with Gasteiger partial charge in [0.2, 0.25) is 0 Å². The van der Waals surface area contributed by atoms with Gasteiger partial charge in [-0.1, -0.05) is 25.9 Å². The Balaban J connectivity index is 2.10. The number of aromatic nitrogens is 2. The summed E-state index contributed by atoms with van der Waals surface area (Å²) in [5, 5.41) is 12.7. The Hall–Kier alpha value is -1.43. The van der Waals surface area contributed by atoms with Crippen molar-refractivity contribution in [3.8, 4) is 0 Å². The van der Waals surface area contributed by atoms with Gasteiger partial charge < -0.3 is 14.4 Å². The molecule has 0 saturated carbocycles. The number of ether oxygens (including phenoxy) is 1. The van der Waals surface area contributed by atoms with E-state index in [0.717, 1.165) is 0 Å². The molecule has 1 N–H and O–H groups in total. The Kier molecular flexibility index (Phi) is 2.91. The summed E-state index contributed by atoms with van der Waals surface area (Å²) in [4.78, 5) is 15.0. The Morgan fingerprint density at radius 1 is 1.41 bits per heavy atom. The molecule has 1 fully saturated rings. The molecule has 1 aliphatic heterocycles. The van der Waals surface area contributed by atoms with Gasteiger partial charge in [-0.05, 0) is 12.8 Å². The van der Waals surface area contributed by atoms with Crippen molar-refractivity contribution in [2.75, 3.05) is 0 Å². The van der Waals surface area contributed by atoms with E-state index in [0.29, 0.717) is 24.6 Å². The van der Waals surface area contributed by atoms with Crippen LogP contribution in [0.4, 0.5) is 0 Å². The van der Waals surface area contributed by atoms with Crippen LogP contribution in [0.3, 0.4) is 0 Å². The molecule has 2 heterocycles. The molecule has 1 aliphatic rings. The first-order chi connectivity index (χ1) is 7.88. The first kappa shape index (κ1) is 12.0. The van der Waals surface area contributed by atoms with Crippen LogP contribution in [0.1, 0.15) is 51.4 Å². The van der Waals surface area contributed by atoms with Gasteiger partial charge in [0.15, 0.2) is 11.9 Å². The molecule has 1 aromatic heterocycles. The highest BCUT2D eigenvalue weighted by Gasteiger charge is 2.35. The van der Waals surface area contributed by atoms with Crippen molar-refractivity contribution < 1.29 is 19.2 Å². The third-order valence-electron chi connectivity index (χ3n) is 2.68. The zero-order valence-electron chi connectivity index (χ0n) is 10.1. The maximum absolute atomic E-state index is 10.8. The molecule has 2 rings (SSSR count). The molecule has 0 radical (unpaired) electrons. The second kappa shape index (κ2) is 4.10. The molecule has 6 heteroatoms. The fraction of sp³-hybridized carbons (Fsp3) is 0.727. The number of aliphatic carboxylic acids is 1. The van der Waals surface area contributed by atoms with Crippen LogP contribution in [-0.4, -0.2) is 27.3 Å². The predicted molar refractivity (Wildman–Crippen MR) is 57.5 cm³/mol. The lowest BCUT2D eigenvalue weighted by molar-refractivity contribution is -0.150. The fourth-order valence-electron chi connectivity index (χ4n) is 1.67. The lowest BCUT2D eigenvalue weighted by Gasteiger charge is -2.11. The van der Waals surface area contributed by atoms with Crippen LogP contribution >= 0.6 is 0 Å². The molecule has 17 heavy (non-hydrogen) atoms. The molecular weight excluding hydrogens is 224 g/mol. The van der Waals surface area contributed by atoms with Crippen LogP contribution in [0.5, 0.6) is 0 Å². The van der Waals surface area contributed by atoms with Gasteiger partial charge in [0.1, 0.15) is 6.10 Å². The van der Waals surface area contributed by atoms with E-state index in [2.05, 4.69) is 10.1 Å². The normalized spacial score (nSPS) is 25.1. The molecule has 0 aromatic carbocycles. The van der Waals surface area contributed by atoms with E-state index < -0.39 is 12.1 Å². The quantitative estimate of drug-likeness (QED) is 0.846. The van der Waals surface area contributed by atoms with Crippen molar-refractivity contribution in [1.29, 1.82) is 0 Å². The fourth-order valence-corrected chi connectivity index (χ4v) is 1.67. The zero-order valence-corrected chi connectivity index (χ0v) is 10.1. The number of hydrogen-bond acceptors (Lipinski definition) is 5. The smallest absolute Gasteiger partial charge is 0.332 e. The van der Waals surface area contributed by atoms with Gasteiger partial charge in [-0.2, -0.15) is 4.98 Å². The van der Waals surface area contributed by atoms with Gasteiger partial charge in [0, 0.05) is 5.41 Å². The van der Waals surface area contributed by atoms with Crippen LogP contribution < -0.4 is 0 Å². The number of hydrogen-bond donors (Lipinski definition) is 1. The third-order valence-corrected chi connectivity index (χ3v) is 2.68. The van der Waals surface area contributed by atoms with E-state index >= 15 is 0 Å². The molecule has 94 valence electrons. The topological polar surface area (TPSA) is 85.5 Å². The highest BCUT2D eigenvalue weighted by atomic mass is 16.5. The molecule has 2 atom stereocenters. The molecule has 0 amide bonds. The van der Waals surface area contributed by atoms with Crippen LogP contribution in [0, 0.1) is 0 Å². The van der Waals surface area contributed by atoms with E-state index in [-0.39, 0.29) is 11.5 Å². The van der Waals surface area contributed by atoms with E-state index in [9.17, 15) is 4.79 Å². The number of nitrogens with zero attached hydrogens (tertiary/aromatic N) is 2. The van der Waals surface area contributed by atoms with Crippen LogP contribution in [-0.2, 0) is 14.9 Å². The summed E-state index contributed by atoms with van der Waals surface area (Å²) in [6, 6.07) is 0. The molecule has 0 spiro atoms. The second-order valence-electron chi connectivity index (χ2n) is 5.24. The van der Waals surface area contributed by atoms with Gasteiger partial charge in [-0.3, -0.25) is 0 Å². The average molecular weight is 240 g/mol. The summed E-state index contributed by atoms with van der Waals surface area (Å²) >= 11 is 0. The summed E-state index contributed by atoms with van der Waals surface area (Å²) in [5.41, 5.74) is -0.188. The van der Waals surface area contributed by atoms with Crippen molar-refractivity contribution in [3.05, 3.63) is 11.7 Å². The lowest BCUT2D eigenvalue weighted by Crippen LogP contribution is -2.18. The summed E-state index contributed by atoms with van der Waals surface area (Å²) in [6.45, 7) is 5.95. The molecule has 6 nitrogen and oxygen atoms in total. The highest BCUT2D eigenvalue weighted by Crippen LogP contribution is 2.32. The number of carboxylic acid groups (broad SMARTS) is 1. The number of carbonyl (C=O) groups is 1. The van der Waals surface area contributed by atoms with Crippen molar-refractivity contribution in [2.45, 2.75) is 51.2 Å². The van der Waals surface area contributed by atoms with Gasteiger partial charge in [0.25, 0.3) is 5.89 Å². The maximum Gasteiger partial charge on any atom is 0.332 e. The second-order valence-corrected chi connectivity index (χ2v) is 5.24. The maximum atomic E-state index is 10.8. The van der Waals surface area contributed by atoms with Gasteiger partial charge in [0.05, 0.1) is 0 Å². The predicted octanol–water partition coefficient (Wildman–Crippen LogP) is 1.67. The van der Waals surface area contributed by atoms with Crippen LogP contribution in [0.15, 0.2) is 4.52 Å². The Bertz CT molecular complexity index is 421. The van der Waals surface area contributed by atoms with Gasteiger partial charge >= 0.3 is 5.97 Å².